The first-order valence-corrected chi connectivity index (χ1v) is 7.87. The summed E-state index contributed by atoms with van der Waals surface area (Å²) in [5, 5.41) is 3.25. The lowest BCUT2D eigenvalue weighted by Gasteiger charge is -2.35. The Morgan fingerprint density at radius 3 is 2.74 bits per heavy atom. The molecule has 1 heterocycles. The first-order chi connectivity index (χ1) is 9.24. The van der Waals surface area contributed by atoms with Crippen LogP contribution < -0.4 is 5.32 Å². The second kappa shape index (κ2) is 5.70. The molecule has 3 rings (SSSR count). The van der Waals surface area contributed by atoms with Crippen molar-refractivity contribution in [2.75, 3.05) is 20.2 Å². The molecule has 0 aromatic rings. The molecule has 0 radical (unpaired) electrons. The van der Waals surface area contributed by atoms with Crippen LogP contribution >= 0.6 is 0 Å². The highest BCUT2D eigenvalue weighted by Crippen LogP contribution is 2.34. The largest absolute Gasteiger partial charge is 0.378 e. The Balaban J connectivity index is 1.50. The maximum atomic E-state index is 12.2. The van der Waals surface area contributed by atoms with E-state index < -0.39 is 0 Å². The molecule has 1 N–H and O–H groups in total. The molecule has 0 aromatic heterocycles. The van der Waals surface area contributed by atoms with Gasteiger partial charge in [-0.15, -0.1) is 0 Å². The number of carbonyl (C=O) groups is 1. The minimum atomic E-state index is 0.115. The van der Waals surface area contributed by atoms with Crippen LogP contribution in [0.3, 0.4) is 0 Å². The third-order valence-corrected chi connectivity index (χ3v) is 5.19. The summed E-state index contributed by atoms with van der Waals surface area (Å²) >= 11 is 0. The number of hydrogen-bond acceptors (Lipinski definition) is 2. The first-order valence-electron chi connectivity index (χ1n) is 7.87. The highest BCUT2D eigenvalue weighted by molar-refractivity contribution is 5.74. The van der Waals surface area contributed by atoms with Gasteiger partial charge < -0.3 is 15.0 Å². The van der Waals surface area contributed by atoms with E-state index in [-0.39, 0.29) is 6.03 Å². The van der Waals surface area contributed by atoms with Crippen LogP contribution in [-0.2, 0) is 4.74 Å². The van der Waals surface area contributed by atoms with E-state index in [1.54, 1.807) is 0 Å². The van der Waals surface area contributed by atoms with Crippen LogP contribution in [0.2, 0.25) is 0 Å². The van der Waals surface area contributed by atoms with Crippen molar-refractivity contribution in [1.29, 1.82) is 0 Å². The van der Waals surface area contributed by atoms with Gasteiger partial charge in [0.2, 0.25) is 0 Å². The molecular weight excluding hydrogens is 240 g/mol. The molecule has 4 nitrogen and oxygen atoms in total. The molecule has 19 heavy (non-hydrogen) atoms. The van der Waals surface area contributed by atoms with Crippen LogP contribution in [0, 0.1) is 11.8 Å². The summed E-state index contributed by atoms with van der Waals surface area (Å²) in [6, 6.07) is 0.446. The molecule has 2 aliphatic carbocycles. The average molecular weight is 266 g/mol. The van der Waals surface area contributed by atoms with Crippen molar-refractivity contribution >= 4 is 6.03 Å². The minimum Gasteiger partial charge on any atom is -0.378 e. The molecule has 2 saturated carbocycles. The predicted octanol–water partition coefficient (Wildman–Crippen LogP) is 2.39. The summed E-state index contributed by atoms with van der Waals surface area (Å²) in [5.74, 6) is 1.29. The number of hydrogen-bond donors (Lipinski definition) is 1. The lowest BCUT2D eigenvalue weighted by Crippen LogP contribution is -2.50. The number of rotatable bonds is 3. The molecule has 3 aliphatic rings. The summed E-state index contributed by atoms with van der Waals surface area (Å²) < 4.78 is 5.76. The molecule has 0 unspecified atom stereocenters. The zero-order chi connectivity index (χ0) is 13.2. The Kier molecular flexibility index (Phi) is 3.96. The summed E-state index contributed by atoms with van der Waals surface area (Å²) in [6.07, 6.45) is 8.90. The van der Waals surface area contributed by atoms with Crippen LogP contribution in [-0.4, -0.2) is 43.3 Å². The van der Waals surface area contributed by atoms with Gasteiger partial charge in [0.15, 0.2) is 0 Å². The Morgan fingerprint density at radius 1 is 1.21 bits per heavy atom. The second-order valence-corrected chi connectivity index (χ2v) is 6.53. The number of urea groups is 1. The van der Waals surface area contributed by atoms with Crippen LogP contribution in [0.25, 0.3) is 0 Å². The molecule has 0 spiro atoms. The number of nitrogens with one attached hydrogen (secondary N) is 1. The fraction of sp³-hybridized carbons (Fsp3) is 0.933. The molecule has 3 atom stereocenters. The van der Waals surface area contributed by atoms with Crippen LogP contribution in [0.15, 0.2) is 0 Å². The van der Waals surface area contributed by atoms with Gasteiger partial charge in [0, 0.05) is 32.2 Å². The summed E-state index contributed by atoms with van der Waals surface area (Å²) in [5.41, 5.74) is 0. The zero-order valence-electron chi connectivity index (χ0n) is 11.9. The Morgan fingerprint density at radius 2 is 2.00 bits per heavy atom. The third kappa shape index (κ3) is 2.88. The van der Waals surface area contributed by atoms with Gasteiger partial charge in [-0.3, -0.25) is 0 Å². The molecular formula is C15H26N2O2. The Hall–Kier alpha value is -0.770. The average Bonchev–Trinajstić information content (AvgIpc) is 2.82. The Bertz CT molecular complexity index is 330. The van der Waals surface area contributed by atoms with E-state index >= 15 is 0 Å². The summed E-state index contributed by atoms with van der Waals surface area (Å²) in [7, 11) is 1.93. The van der Waals surface area contributed by atoms with Crippen molar-refractivity contribution in [2.45, 2.75) is 57.1 Å². The first kappa shape index (κ1) is 13.2. The van der Waals surface area contributed by atoms with E-state index in [1.165, 1.54) is 32.1 Å². The van der Waals surface area contributed by atoms with E-state index in [9.17, 15) is 4.79 Å². The van der Waals surface area contributed by atoms with Crippen LogP contribution in [0.5, 0.6) is 0 Å². The lowest BCUT2D eigenvalue weighted by molar-refractivity contribution is 0.0537. The molecule has 3 fully saturated rings. The number of amides is 2. The lowest BCUT2D eigenvalue weighted by atomic mass is 9.82. The minimum absolute atomic E-state index is 0.115. The smallest absolute Gasteiger partial charge is 0.317 e. The monoisotopic (exact) mass is 266 g/mol. The van der Waals surface area contributed by atoms with Gasteiger partial charge in [-0.1, -0.05) is 6.42 Å². The molecule has 1 aliphatic heterocycles. The fourth-order valence-corrected chi connectivity index (χ4v) is 3.77. The molecule has 0 aromatic carbocycles. The number of ether oxygens (including phenoxy) is 1. The van der Waals surface area contributed by atoms with Gasteiger partial charge in [0.05, 0.1) is 6.10 Å². The normalized spacial score (nSPS) is 34.5. The molecule has 2 amide bonds. The van der Waals surface area contributed by atoms with E-state index in [4.69, 9.17) is 4.74 Å². The molecule has 0 bridgehead atoms. The van der Waals surface area contributed by atoms with Crippen LogP contribution in [0.1, 0.15) is 44.9 Å². The van der Waals surface area contributed by atoms with Crippen LogP contribution in [0.4, 0.5) is 4.79 Å². The highest BCUT2D eigenvalue weighted by Gasteiger charge is 2.38. The van der Waals surface area contributed by atoms with E-state index in [0.717, 1.165) is 31.9 Å². The number of fused-ring (bicyclic) bond motifs is 1. The fourth-order valence-electron chi connectivity index (χ4n) is 3.77. The van der Waals surface area contributed by atoms with Gasteiger partial charge in [0.1, 0.15) is 0 Å². The summed E-state index contributed by atoms with van der Waals surface area (Å²) in [6.45, 7) is 1.79. The quantitative estimate of drug-likeness (QED) is 0.852. The maximum Gasteiger partial charge on any atom is 0.317 e. The molecule has 4 heteroatoms. The standard InChI is InChI=1S/C15H26N2O2/c1-17(10-11-4-2-5-11)15(18)16-13-6-3-7-14-12(13)8-9-19-14/h11-14H,2-10H2,1H3,(H,16,18)/t12-,13-,14-/m1/s1. The van der Waals surface area contributed by atoms with Gasteiger partial charge in [-0.05, 0) is 44.4 Å². The van der Waals surface area contributed by atoms with Gasteiger partial charge in [-0.25, -0.2) is 4.79 Å². The van der Waals surface area contributed by atoms with E-state index in [0.29, 0.717) is 18.1 Å². The van der Waals surface area contributed by atoms with Crippen molar-refractivity contribution in [3.8, 4) is 0 Å². The second-order valence-electron chi connectivity index (χ2n) is 6.53. The molecule has 108 valence electrons. The van der Waals surface area contributed by atoms with E-state index in [2.05, 4.69) is 5.32 Å². The van der Waals surface area contributed by atoms with Gasteiger partial charge >= 0.3 is 6.03 Å². The topological polar surface area (TPSA) is 41.6 Å². The van der Waals surface area contributed by atoms with Crippen molar-refractivity contribution in [1.82, 2.24) is 10.2 Å². The van der Waals surface area contributed by atoms with Crippen molar-refractivity contribution < 1.29 is 9.53 Å². The zero-order valence-corrected chi connectivity index (χ0v) is 11.9. The van der Waals surface area contributed by atoms with Crippen molar-refractivity contribution in [2.24, 2.45) is 11.8 Å². The molecule has 1 saturated heterocycles. The van der Waals surface area contributed by atoms with E-state index in [1.807, 2.05) is 11.9 Å². The van der Waals surface area contributed by atoms with Gasteiger partial charge in [-0.2, -0.15) is 0 Å². The highest BCUT2D eigenvalue weighted by atomic mass is 16.5. The number of nitrogens with zero attached hydrogens (tertiary/aromatic N) is 1. The van der Waals surface area contributed by atoms with Crippen molar-refractivity contribution in [3.63, 3.8) is 0 Å². The summed E-state index contributed by atoms with van der Waals surface area (Å²) in [4.78, 5) is 14.1. The maximum absolute atomic E-state index is 12.2. The number of carbonyl (C=O) groups excluding carboxylic acids is 1. The third-order valence-electron chi connectivity index (χ3n) is 5.19. The van der Waals surface area contributed by atoms with Crippen molar-refractivity contribution in [3.05, 3.63) is 0 Å². The van der Waals surface area contributed by atoms with Gasteiger partial charge in [0.25, 0.3) is 0 Å². The SMILES string of the molecule is CN(CC1CCC1)C(=O)N[C@@H]1CCC[C@H]2OCC[C@H]12. The predicted molar refractivity (Wildman–Crippen MR) is 74.0 cm³/mol. The Labute approximate surface area is 115 Å².